The number of carbonyl (C=O) groups is 2. The molecule has 2 fully saturated rings. The molecule has 0 bridgehead atoms. The van der Waals surface area contributed by atoms with Crippen molar-refractivity contribution in [2.45, 2.75) is 44.2 Å². The highest BCUT2D eigenvalue weighted by molar-refractivity contribution is 5.97. The van der Waals surface area contributed by atoms with Gasteiger partial charge >= 0.3 is 5.97 Å². The van der Waals surface area contributed by atoms with Gasteiger partial charge in [-0.3, -0.25) is 4.79 Å². The fourth-order valence-corrected chi connectivity index (χ4v) is 4.30. The highest BCUT2D eigenvalue weighted by Crippen LogP contribution is 2.40. The van der Waals surface area contributed by atoms with E-state index in [1.54, 1.807) is 4.90 Å². The van der Waals surface area contributed by atoms with E-state index in [1.807, 2.05) is 30.3 Å². The number of benzene rings is 1. The molecule has 1 amide bonds. The van der Waals surface area contributed by atoms with Crippen LogP contribution in [0.5, 0.6) is 0 Å². The largest absolute Gasteiger partial charge is 0.480 e. The van der Waals surface area contributed by atoms with E-state index >= 15 is 0 Å². The van der Waals surface area contributed by atoms with Gasteiger partial charge in [0.05, 0.1) is 5.56 Å². The average molecular weight is 351 g/mol. The summed E-state index contributed by atoms with van der Waals surface area (Å²) in [7, 11) is 0. The number of aromatic nitrogens is 2. The molecule has 2 heterocycles. The van der Waals surface area contributed by atoms with Gasteiger partial charge in [0.15, 0.2) is 5.82 Å². The van der Waals surface area contributed by atoms with Crippen LogP contribution in [-0.4, -0.2) is 43.9 Å². The summed E-state index contributed by atoms with van der Waals surface area (Å²) in [4.78, 5) is 34.9. The van der Waals surface area contributed by atoms with Crippen molar-refractivity contribution >= 4 is 11.9 Å². The number of aliphatic carboxylic acids is 1. The molecule has 2 aromatic rings. The van der Waals surface area contributed by atoms with Gasteiger partial charge in [0.2, 0.25) is 0 Å². The van der Waals surface area contributed by atoms with Crippen molar-refractivity contribution in [2.75, 3.05) is 0 Å². The molecule has 4 rings (SSSR count). The van der Waals surface area contributed by atoms with Crippen LogP contribution in [0.25, 0.3) is 11.4 Å². The molecule has 1 aliphatic carbocycles. The lowest BCUT2D eigenvalue weighted by atomic mass is 9.84. The molecule has 1 saturated heterocycles. The number of carbonyl (C=O) groups excluding carboxylic acids is 1. The van der Waals surface area contributed by atoms with Gasteiger partial charge in [0.1, 0.15) is 6.04 Å². The Morgan fingerprint density at radius 2 is 1.73 bits per heavy atom. The Balaban J connectivity index is 1.60. The third-order valence-corrected chi connectivity index (χ3v) is 5.54. The van der Waals surface area contributed by atoms with Crippen LogP contribution >= 0.6 is 0 Å². The first-order chi connectivity index (χ1) is 12.6. The number of rotatable bonds is 3. The molecule has 1 saturated carbocycles. The number of hydrogen-bond acceptors (Lipinski definition) is 4. The molecule has 0 unspecified atom stereocenters. The smallest absolute Gasteiger partial charge is 0.326 e. The molecule has 134 valence electrons. The van der Waals surface area contributed by atoms with Gasteiger partial charge in [-0.25, -0.2) is 14.8 Å². The van der Waals surface area contributed by atoms with Crippen LogP contribution in [0.4, 0.5) is 0 Å². The summed E-state index contributed by atoms with van der Waals surface area (Å²) in [5, 5.41) is 9.59. The second-order valence-electron chi connectivity index (χ2n) is 7.08. The monoisotopic (exact) mass is 351 g/mol. The first kappa shape index (κ1) is 16.7. The highest BCUT2D eigenvalue weighted by atomic mass is 16.4. The zero-order valence-electron chi connectivity index (χ0n) is 14.4. The van der Waals surface area contributed by atoms with Gasteiger partial charge in [0.25, 0.3) is 5.91 Å². The van der Waals surface area contributed by atoms with Crippen LogP contribution in [0.1, 0.15) is 42.5 Å². The van der Waals surface area contributed by atoms with Gasteiger partial charge in [-0.2, -0.15) is 0 Å². The second-order valence-corrected chi connectivity index (χ2v) is 7.08. The number of amides is 1. The van der Waals surface area contributed by atoms with Crippen molar-refractivity contribution in [3.63, 3.8) is 0 Å². The summed E-state index contributed by atoms with van der Waals surface area (Å²) >= 11 is 0. The molecule has 3 atom stereocenters. The van der Waals surface area contributed by atoms with E-state index in [4.69, 9.17) is 0 Å². The van der Waals surface area contributed by atoms with Crippen molar-refractivity contribution < 1.29 is 14.7 Å². The Labute approximate surface area is 151 Å². The van der Waals surface area contributed by atoms with Gasteiger partial charge in [-0.05, 0) is 25.2 Å². The van der Waals surface area contributed by atoms with Gasteiger partial charge in [-0.15, -0.1) is 0 Å². The van der Waals surface area contributed by atoms with E-state index in [9.17, 15) is 14.7 Å². The van der Waals surface area contributed by atoms with Crippen LogP contribution in [-0.2, 0) is 4.79 Å². The molecule has 1 N–H and O–H groups in total. The fraction of sp³-hybridized carbons (Fsp3) is 0.400. The van der Waals surface area contributed by atoms with Crippen LogP contribution in [0.15, 0.2) is 42.7 Å². The Bertz CT molecular complexity index is 807. The Kier molecular flexibility index (Phi) is 4.41. The van der Waals surface area contributed by atoms with Crippen LogP contribution in [0.2, 0.25) is 0 Å². The predicted octanol–water partition coefficient (Wildman–Crippen LogP) is 3.00. The minimum Gasteiger partial charge on any atom is -0.480 e. The maximum absolute atomic E-state index is 13.0. The predicted molar refractivity (Wildman–Crippen MR) is 95.4 cm³/mol. The number of fused-ring (bicyclic) bond motifs is 1. The van der Waals surface area contributed by atoms with Crippen LogP contribution in [0, 0.1) is 5.92 Å². The van der Waals surface area contributed by atoms with E-state index < -0.39 is 12.0 Å². The van der Waals surface area contributed by atoms with Crippen LogP contribution in [0.3, 0.4) is 0 Å². The van der Waals surface area contributed by atoms with E-state index in [2.05, 4.69) is 9.97 Å². The minimum atomic E-state index is -0.922. The highest BCUT2D eigenvalue weighted by Gasteiger charge is 2.47. The summed E-state index contributed by atoms with van der Waals surface area (Å²) in [6.07, 6.45) is 7.60. The quantitative estimate of drug-likeness (QED) is 0.919. The zero-order valence-corrected chi connectivity index (χ0v) is 14.4. The van der Waals surface area contributed by atoms with E-state index in [0.717, 1.165) is 31.2 Å². The molecule has 6 heteroatoms. The standard InChI is InChI=1S/C20H21N3O3/c24-19(15-11-21-18(22-12-15)13-6-2-1-3-7-13)23-16-9-5-4-8-14(16)10-17(23)20(25)26/h1-3,6-7,11-12,14,16-17H,4-5,8-10H2,(H,25,26)/t14-,16+,17-/m0/s1. The lowest BCUT2D eigenvalue weighted by molar-refractivity contribution is -0.141. The van der Waals surface area contributed by atoms with Crippen molar-refractivity contribution in [3.8, 4) is 11.4 Å². The summed E-state index contributed by atoms with van der Waals surface area (Å²) < 4.78 is 0. The molecule has 1 aromatic carbocycles. The number of carboxylic acid groups (broad SMARTS) is 1. The zero-order chi connectivity index (χ0) is 18.1. The Morgan fingerprint density at radius 1 is 1.04 bits per heavy atom. The molecule has 6 nitrogen and oxygen atoms in total. The van der Waals surface area contributed by atoms with Crippen molar-refractivity contribution in [1.82, 2.24) is 14.9 Å². The summed E-state index contributed by atoms with van der Waals surface area (Å²) in [5.41, 5.74) is 1.23. The topological polar surface area (TPSA) is 83.4 Å². The number of nitrogens with zero attached hydrogens (tertiary/aromatic N) is 3. The molecule has 26 heavy (non-hydrogen) atoms. The molecule has 2 aliphatic rings. The Hall–Kier alpha value is -2.76. The van der Waals surface area contributed by atoms with E-state index in [-0.39, 0.29) is 11.9 Å². The summed E-state index contributed by atoms with van der Waals surface area (Å²) in [6, 6.07) is 8.82. The van der Waals surface area contributed by atoms with Gasteiger partial charge in [0, 0.05) is 24.0 Å². The second kappa shape index (κ2) is 6.86. The van der Waals surface area contributed by atoms with Crippen molar-refractivity contribution in [1.29, 1.82) is 0 Å². The summed E-state index contributed by atoms with van der Waals surface area (Å²) in [5.74, 6) is -0.354. The fourth-order valence-electron chi connectivity index (χ4n) is 4.30. The molecular weight excluding hydrogens is 330 g/mol. The number of carboxylic acids is 1. The lowest BCUT2D eigenvalue weighted by Gasteiger charge is -2.32. The molecule has 1 aliphatic heterocycles. The first-order valence-electron chi connectivity index (χ1n) is 9.08. The molecular formula is C20H21N3O3. The van der Waals surface area contributed by atoms with E-state index in [0.29, 0.717) is 23.7 Å². The lowest BCUT2D eigenvalue weighted by Crippen LogP contribution is -2.46. The maximum atomic E-state index is 13.0. The SMILES string of the molecule is O=C(O)[C@@H]1C[C@@H]2CCCC[C@H]2N1C(=O)c1cnc(-c2ccccc2)nc1. The third-order valence-electron chi connectivity index (χ3n) is 5.54. The van der Waals surface area contributed by atoms with Gasteiger partial charge < -0.3 is 10.0 Å². The third kappa shape index (κ3) is 2.96. The van der Waals surface area contributed by atoms with Crippen molar-refractivity contribution in [2.24, 2.45) is 5.92 Å². The maximum Gasteiger partial charge on any atom is 0.326 e. The average Bonchev–Trinajstić information content (AvgIpc) is 3.08. The summed E-state index contributed by atoms with van der Waals surface area (Å²) in [6.45, 7) is 0. The Morgan fingerprint density at radius 3 is 2.42 bits per heavy atom. The molecule has 1 aromatic heterocycles. The molecule has 0 spiro atoms. The van der Waals surface area contributed by atoms with Crippen LogP contribution < -0.4 is 0 Å². The van der Waals surface area contributed by atoms with E-state index in [1.165, 1.54) is 12.4 Å². The number of likely N-dealkylation sites (tertiary alicyclic amines) is 1. The number of hydrogen-bond donors (Lipinski definition) is 1. The first-order valence-corrected chi connectivity index (χ1v) is 9.08. The van der Waals surface area contributed by atoms with Crippen molar-refractivity contribution in [3.05, 3.63) is 48.3 Å². The minimum absolute atomic E-state index is 0.0196. The normalized spacial score (nSPS) is 24.9. The van der Waals surface area contributed by atoms with Gasteiger partial charge in [-0.1, -0.05) is 43.2 Å². The molecule has 0 radical (unpaired) electrons.